The lowest BCUT2D eigenvalue weighted by atomic mass is 10.0. The molecule has 2 aromatic rings. The van der Waals surface area contributed by atoms with E-state index in [1.807, 2.05) is 42.2 Å². The van der Waals surface area contributed by atoms with Crippen molar-refractivity contribution in [2.45, 2.75) is 17.9 Å². The Balaban J connectivity index is 0.00000133. The predicted octanol–water partition coefficient (Wildman–Crippen LogP) is 3.14. The molecule has 1 aromatic carbocycles. The number of benzene rings is 1. The molecule has 1 aliphatic heterocycles. The zero-order valence-corrected chi connectivity index (χ0v) is 12.3. The minimum absolute atomic E-state index is 0. The molecular formula is C14H18ClN3S. The van der Waals surface area contributed by atoms with Crippen molar-refractivity contribution in [3.05, 3.63) is 30.5 Å². The van der Waals surface area contributed by atoms with Crippen LogP contribution in [-0.4, -0.2) is 28.8 Å². The Morgan fingerprint density at radius 1 is 1.26 bits per heavy atom. The van der Waals surface area contributed by atoms with Gasteiger partial charge in [-0.15, -0.1) is 24.2 Å². The summed E-state index contributed by atoms with van der Waals surface area (Å²) in [7, 11) is 0. The minimum Gasteiger partial charge on any atom is -0.316 e. The number of nitrogens with one attached hydrogen (secondary N) is 1. The fraction of sp³-hybridized carbons (Fsp3) is 0.429. The molecule has 0 spiro atoms. The number of para-hydroxylation sites is 2. The number of hydrogen-bond donors (Lipinski definition) is 1. The van der Waals surface area contributed by atoms with E-state index in [1.165, 1.54) is 19.4 Å². The molecule has 0 radical (unpaired) electrons. The first-order chi connectivity index (χ1) is 8.92. The van der Waals surface area contributed by atoms with Gasteiger partial charge in [0, 0.05) is 5.75 Å². The lowest BCUT2D eigenvalue weighted by Crippen LogP contribution is -2.30. The van der Waals surface area contributed by atoms with Gasteiger partial charge in [0.2, 0.25) is 0 Å². The van der Waals surface area contributed by atoms with Gasteiger partial charge < -0.3 is 5.32 Å². The monoisotopic (exact) mass is 295 g/mol. The second-order valence-corrected chi connectivity index (χ2v) is 5.76. The maximum atomic E-state index is 4.64. The summed E-state index contributed by atoms with van der Waals surface area (Å²) in [5.41, 5.74) is 1.96. The van der Waals surface area contributed by atoms with E-state index in [4.69, 9.17) is 0 Å². The maximum absolute atomic E-state index is 4.64. The number of aromatic nitrogens is 2. The van der Waals surface area contributed by atoms with Crippen molar-refractivity contribution in [3.8, 4) is 0 Å². The lowest BCUT2D eigenvalue weighted by molar-refractivity contribution is 0.410. The first kappa shape index (κ1) is 14.6. The van der Waals surface area contributed by atoms with Crippen LogP contribution in [0.5, 0.6) is 0 Å². The predicted molar refractivity (Wildman–Crippen MR) is 83.1 cm³/mol. The highest BCUT2D eigenvalue weighted by molar-refractivity contribution is 7.99. The molecule has 1 aliphatic rings. The molecule has 2 heterocycles. The summed E-state index contributed by atoms with van der Waals surface area (Å²) in [4.78, 5) is 9.09. The highest BCUT2D eigenvalue weighted by Gasteiger charge is 2.13. The Morgan fingerprint density at radius 2 is 2.11 bits per heavy atom. The van der Waals surface area contributed by atoms with Crippen LogP contribution in [0.4, 0.5) is 0 Å². The first-order valence-electron chi connectivity index (χ1n) is 6.47. The molecule has 0 amide bonds. The van der Waals surface area contributed by atoms with Crippen molar-refractivity contribution in [2.24, 2.45) is 5.92 Å². The average Bonchev–Trinajstić information content (AvgIpc) is 2.46. The fourth-order valence-corrected chi connectivity index (χ4v) is 3.26. The van der Waals surface area contributed by atoms with Crippen LogP contribution in [0.25, 0.3) is 11.0 Å². The number of thioether (sulfide) groups is 1. The SMILES string of the molecule is Cl.c1ccc2nc(SCC3CCCNC3)cnc2c1. The van der Waals surface area contributed by atoms with E-state index < -0.39 is 0 Å². The second kappa shape index (κ2) is 7.08. The number of hydrogen-bond acceptors (Lipinski definition) is 4. The standard InChI is InChI=1S/C14H17N3S.ClH/c1-2-6-13-12(5-1)16-9-14(17-13)18-10-11-4-3-7-15-8-11;/h1-2,5-6,9,11,15H,3-4,7-8,10H2;1H. The van der Waals surface area contributed by atoms with Crippen LogP contribution < -0.4 is 5.32 Å². The highest BCUT2D eigenvalue weighted by atomic mass is 35.5. The van der Waals surface area contributed by atoms with Crippen molar-refractivity contribution < 1.29 is 0 Å². The van der Waals surface area contributed by atoms with Gasteiger partial charge in [0.05, 0.1) is 17.2 Å². The summed E-state index contributed by atoms with van der Waals surface area (Å²) in [5, 5.41) is 4.49. The molecule has 0 saturated carbocycles. The molecule has 1 fully saturated rings. The van der Waals surface area contributed by atoms with Gasteiger partial charge in [-0.25, -0.2) is 4.98 Å². The maximum Gasteiger partial charge on any atom is 0.115 e. The molecule has 5 heteroatoms. The van der Waals surface area contributed by atoms with Gasteiger partial charge >= 0.3 is 0 Å². The van der Waals surface area contributed by atoms with Crippen molar-refractivity contribution in [3.63, 3.8) is 0 Å². The van der Waals surface area contributed by atoms with E-state index >= 15 is 0 Å². The van der Waals surface area contributed by atoms with Crippen LogP contribution in [0.3, 0.4) is 0 Å². The molecule has 3 nitrogen and oxygen atoms in total. The largest absolute Gasteiger partial charge is 0.316 e. The summed E-state index contributed by atoms with van der Waals surface area (Å²) in [6, 6.07) is 8.03. The van der Waals surface area contributed by atoms with Crippen LogP contribution in [-0.2, 0) is 0 Å². The average molecular weight is 296 g/mol. The van der Waals surface area contributed by atoms with Gasteiger partial charge in [0.15, 0.2) is 0 Å². The third-order valence-electron chi connectivity index (χ3n) is 3.29. The molecule has 0 aliphatic carbocycles. The van der Waals surface area contributed by atoms with Crippen LogP contribution in [0, 0.1) is 5.92 Å². The number of halogens is 1. The van der Waals surface area contributed by atoms with Gasteiger partial charge in [-0.2, -0.15) is 0 Å². The molecule has 1 saturated heterocycles. The van der Waals surface area contributed by atoms with Gasteiger partial charge in [0.1, 0.15) is 5.03 Å². The lowest BCUT2D eigenvalue weighted by Gasteiger charge is -2.21. The number of rotatable bonds is 3. The van der Waals surface area contributed by atoms with E-state index in [0.717, 1.165) is 34.3 Å². The third-order valence-corrected chi connectivity index (χ3v) is 4.42. The van der Waals surface area contributed by atoms with E-state index in [0.29, 0.717) is 0 Å². The first-order valence-corrected chi connectivity index (χ1v) is 7.46. The quantitative estimate of drug-likeness (QED) is 0.883. The minimum atomic E-state index is 0. The summed E-state index contributed by atoms with van der Waals surface area (Å²) in [5.74, 6) is 1.91. The van der Waals surface area contributed by atoms with E-state index in [2.05, 4.69) is 15.3 Å². The van der Waals surface area contributed by atoms with E-state index in [-0.39, 0.29) is 12.4 Å². The zero-order valence-electron chi connectivity index (χ0n) is 10.7. The van der Waals surface area contributed by atoms with Gasteiger partial charge in [-0.05, 0) is 44.0 Å². The van der Waals surface area contributed by atoms with Crippen LogP contribution >= 0.6 is 24.2 Å². The van der Waals surface area contributed by atoms with Gasteiger partial charge in [-0.1, -0.05) is 12.1 Å². The number of nitrogens with zero attached hydrogens (tertiary/aromatic N) is 2. The van der Waals surface area contributed by atoms with Crippen LogP contribution in [0.15, 0.2) is 35.5 Å². The van der Waals surface area contributed by atoms with Gasteiger partial charge in [-0.3, -0.25) is 4.98 Å². The molecule has 3 rings (SSSR count). The summed E-state index contributed by atoms with van der Waals surface area (Å²) in [6.45, 7) is 2.32. The summed E-state index contributed by atoms with van der Waals surface area (Å²) in [6.07, 6.45) is 4.53. The molecule has 1 N–H and O–H groups in total. The van der Waals surface area contributed by atoms with Crippen LogP contribution in [0.2, 0.25) is 0 Å². The zero-order chi connectivity index (χ0) is 12.2. The second-order valence-electron chi connectivity index (χ2n) is 4.72. The normalized spacial score (nSPS) is 19.1. The highest BCUT2D eigenvalue weighted by Crippen LogP contribution is 2.23. The van der Waals surface area contributed by atoms with Crippen LogP contribution in [0.1, 0.15) is 12.8 Å². The Hall–Kier alpha value is -0.840. The van der Waals surface area contributed by atoms with Gasteiger partial charge in [0.25, 0.3) is 0 Å². The summed E-state index contributed by atoms with van der Waals surface area (Å²) < 4.78 is 0. The Morgan fingerprint density at radius 3 is 2.89 bits per heavy atom. The topological polar surface area (TPSA) is 37.8 Å². The van der Waals surface area contributed by atoms with E-state index in [1.54, 1.807) is 0 Å². The fourth-order valence-electron chi connectivity index (χ4n) is 2.28. The summed E-state index contributed by atoms with van der Waals surface area (Å²) >= 11 is 1.83. The molecule has 1 atom stereocenters. The molecular weight excluding hydrogens is 278 g/mol. The number of piperidine rings is 1. The Kier molecular flexibility index (Phi) is 5.43. The third kappa shape index (κ3) is 3.81. The Bertz CT molecular complexity index is 529. The van der Waals surface area contributed by atoms with Crippen molar-refractivity contribution in [1.82, 2.24) is 15.3 Å². The molecule has 19 heavy (non-hydrogen) atoms. The molecule has 0 bridgehead atoms. The Labute approximate surface area is 124 Å². The molecule has 102 valence electrons. The van der Waals surface area contributed by atoms with Crippen molar-refractivity contribution in [1.29, 1.82) is 0 Å². The smallest absolute Gasteiger partial charge is 0.115 e. The molecule has 1 unspecified atom stereocenters. The molecule has 1 aromatic heterocycles. The van der Waals surface area contributed by atoms with Crippen molar-refractivity contribution in [2.75, 3.05) is 18.8 Å². The number of fused-ring (bicyclic) bond motifs is 1. The van der Waals surface area contributed by atoms with E-state index in [9.17, 15) is 0 Å². The van der Waals surface area contributed by atoms with Crippen molar-refractivity contribution >= 4 is 35.2 Å².